The predicted molar refractivity (Wildman–Crippen MR) is 119 cm³/mol. The molecule has 168 valence electrons. The van der Waals surface area contributed by atoms with E-state index in [0.717, 1.165) is 0 Å². The smallest absolute Gasteiger partial charge is 0.244 e. The van der Waals surface area contributed by atoms with Gasteiger partial charge in [-0.1, -0.05) is 15.9 Å². The number of methoxy groups -OCH3 is 2. The van der Waals surface area contributed by atoms with Gasteiger partial charge in [-0.05, 0) is 51.1 Å². The highest BCUT2D eigenvalue weighted by atomic mass is 79.9. The zero-order chi connectivity index (χ0) is 23.2. The van der Waals surface area contributed by atoms with Crippen LogP contribution in [0.1, 0.15) is 31.9 Å². The third-order valence-electron chi connectivity index (χ3n) is 5.94. The number of carbonyl (C=O) groups is 1. The molecule has 1 atom stereocenters. The molecule has 1 aliphatic rings. The molecule has 1 fully saturated rings. The molecule has 0 radical (unpaired) electrons. The topological polar surface area (TPSA) is 72.9 Å². The van der Waals surface area contributed by atoms with E-state index in [9.17, 15) is 17.6 Å². The van der Waals surface area contributed by atoms with Gasteiger partial charge in [0.25, 0.3) is 0 Å². The molecule has 3 rings (SSSR count). The summed E-state index contributed by atoms with van der Waals surface area (Å²) in [4.78, 5) is 15.0. The molecule has 0 aromatic heterocycles. The number of sulfone groups is 1. The van der Waals surface area contributed by atoms with Gasteiger partial charge in [0.15, 0.2) is 9.84 Å². The number of rotatable bonds is 5. The van der Waals surface area contributed by atoms with Gasteiger partial charge in [0.2, 0.25) is 5.91 Å². The van der Waals surface area contributed by atoms with Crippen molar-refractivity contribution in [1.82, 2.24) is 4.90 Å². The highest BCUT2D eigenvalue weighted by Crippen LogP contribution is 2.43. The Kier molecular flexibility index (Phi) is 6.14. The first-order valence-corrected chi connectivity index (χ1v) is 12.0. The van der Waals surface area contributed by atoms with E-state index in [2.05, 4.69) is 15.9 Å². The van der Waals surface area contributed by atoms with Crippen molar-refractivity contribution in [3.8, 4) is 11.5 Å². The fourth-order valence-corrected chi connectivity index (χ4v) is 5.99. The van der Waals surface area contributed by atoms with Crippen LogP contribution in [0.3, 0.4) is 0 Å². The zero-order valence-corrected chi connectivity index (χ0v) is 20.4. The quantitative estimate of drug-likeness (QED) is 0.602. The lowest BCUT2D eigenvalue weighted by Gasteiger charge is -2.49. The minimum atomic E-state index is -3.87. The summed E-state index contributed by atoms with van der Waals surface area (Å²) in [6.07, 6.45) is 0. The highest BCUT2D eigenvalue weighted by molar-refractivity contribution is 9.10. The van der Waals surface area contributed by atoms with E-state index in [0.29, 0.717) is 21.5 Å². The van der Waals surface area contributed by atoms with Gasteiger partial charge in [-0.3, -0.25) is 4.79 Å². The van der Waals surface area contributed by atoms with Crippen molar-refractivity contribution >= 4 is 31.7 Å². The summed E-state index contributed by atoms with van der Waals surface area (Å²) in [6.45, 7) is 4.39. The first-order valence-electron chi connectivity index (χ1n) is 9.58. The fraction of sp³-hybridized carbons (Fsp3) is 0.409. The molecule has 1 heterocycles. The second-order valence-corrected chi connectivity index (χ2v) is 11.7. The van der Waals surface area contributed by atoms with E-state index in [1.54, 1.807) is 25.1 Å². The Labute approximate surface area is 190 Å². The zero-order valence-electron chi connectivity index (χ0n) is 18.0. The monoisotopic (exact) mass is 513 g/mol. The molecule has 0 spiro atoms. The lowest BCUT2D eigenvalue weighted by atomic mass is 9.89. The number of hydrogen-bond donors (Lipinski definition) is 0. The second kappa shape index (κ2) is 8.09. The largest absolute Gasteiger partial charge is 0.497 e. The Morgan fingerprint density at radius 3 is 2.39 bits per heavy atom. The van der Waals surface area contributed by atoms with Crippen LogP contribution >= 0.6 is 15.9 Å². The van der Waals surface area contributed by atoms with Gasteiger partial charge in [0.1, 0.15) is 22.1 Å². The van der Waals surface area contributed by atoms with Crippen LogP contribution in [0.25, 0.3) is 0 Å². The Morgan fingerprint density at radius 2 is 1.77 bits per heavy atom. The lowest BCUT2D eigenvalue weighted by Crippen LogP contribution is -2.65. The Balaban J connectivity index is 2.20. The molecule has 9 heteroatoms. The number of hydrogen-bond acceptors (Lipinski definition) is 5. The number of ether oxygens (including phenoxy) is 2. The number of benzene rings is 2. The number of carbonyl (C=O) groups excluding carboxylic acids is 1. The van der Waals surface area contributed by atoms with Crippen LogP contribution in [0.15, 0.2) is 40.9 Å². The van der Waals surface area contributed by atoms with Crippen molar-refractivity contribution < 1.29 is 27.1 Å². The van der Waals surface area contributed by atoms with Crippen LogP contribution in [0.4, 0.5) is 4.39 Å². The van der Waals surface area contributed by atoms with Gasteiger partial charge in [0.05, 0.1) is 32.1 Å². The highest BCUT2D eigenvalue weighted by Gasteiger charge is 2.57. The van der Waals surface area contributed by atoms with Gasteiger partial charge >= 0.3 is 0 Å². The summed E-state index contributed by atoms with van der Waals surface area (Å²) in [5.74, 6) is -0.534. The van der Waals surface area contributed by atoms with E-state index in [-0.39, 0.29) is 12.1 Å². The molecule has 0 unspecified atom stereocenters. The van der Waals surface area contributed by atoms with Crippen LogP contribution in [-0.2, 0) is 26.7 Å². The summed E-state index contributed by atoms with van der Waals surface area (Å²) in [5, 5.41) is 0. The summed E-state index contributed by atoms with van der Waals surface area (Å²) < 4.78 is 50.7. The average molecular weight is 514 g/mol. The molecule has 0 bridgehead atoms. The van der Waals surface area contributed by atoms with Crippen LogP contribution < -0.4 is 9.47 Å². The predicted octanol–water partition coefficient (Wildman–Crippen LogP) is 4.06. The standard InChI is InChI=1S/C22H25BrFNO5S/c1-21(2)20(26)25(12-14-6-8-16(29-4)11-19(14)30-5)22(3,13-31(21,27)28)17-10-15(23)7-9-18(17)24/h6-11H,12-13H2,1-5H3/t22-/m0/s1. The van der Waals surface area contributed by atoms with Gasteiger partial charge in [-0.25, -0.2) is 12.8 Å². The van der Waals surface area contributed by atoms with Crippen molar-refractivity contribution in [1.29, 1.82) is 0 Å². The summed E-state index contributed by atoms with van der Waals surface area (Å²) in [6, 6.07) is 9.47. The molecular formula is C22H25BrFNO5S. The van der Waals surface area contributed by atoms with Crippen LogP contribution in [0.2, 0.25) is 0 Å². The van der Waals surface area contributed by atoms with Gasteiger partial charge < -0.3 is 14.4 Å². The maximum absolute atomic E-state index is 14.9. The normalized spacial score (nSPS) is 22.3. The van der Waals surface area contributed by atoms with E-state index >= 15 is 0 Å². The Bertz CT molecular complexity index is 1130. The van der Waals surface area contributed by atoms with Crippen molar-refractivity contribution in [2.45, 2.75) is 37.6 Å². The molecule has 0 saturated carbocycles. The molecule has 1 saturated heterocycles. The second-order valence-electron chi connectivity index (χ2n) is 8.24. The van der Waals surface area contributed by atoms with E-state index in [1.165, 1.54) is 51.2 Å². The Hall–Kier alpha value is -2.13. The van der Waals surface area contributed by atoms with Crippen molar-refractivity contribution in [2.24, 2.45) is 0 Å². The summed E-state index contributed by atoms with van der Waals surface area (Å²) in [5.41, 5.74) is -0.653. The number of halogens is 2. The fourth-order valence-electron chi connectivity index (χ4n) is 3.84. The van der Waals surface area contributed by atoms with Gasteiger partial charge in [-0.2, -0.15) is 0 Å². The molecule has 0 aliphatic carbocycles. The lowest BCUT2D eigenvalue weighted by molar-refractivity contribution is -0.141. The van der Waals surface area contributed by atoms with Crippen molar-refractivity contribution in [2.75, 3.05) is 20.0 Å². The van der Waals surface area contributed by atoms with Crippen LogP contribution in [0.5, 0.6) is 11.5 Å². The van der Waals surface area contributed by atoms with Crippen LogP contribution in [-0.4, -0.2) is 43.9 Å². The Morgan fingerprint density at radius 1 is 1.10 bits per heavy atom. The molecule has 2 aromatic rings. The maximum atomic E-state index is 14.9. The first-order chi connectivity index (χ1) is 14.4. The number of nitrogens with zero attached hydrogens (tertiary/aromatic N) is 1. The molecule has 31 heavy (non-hydrogen) atoms. The summed E-state index contributed by atoms with van der Waals surface area (Å²) >= 11 is 3.33. The molecule has 6 nitrogen and oxygen atoms in total. The molecule has 0 N–H and O–H groups in total. The van der Waals surface area contributed by atoms with Gasteiger partial charge in [0, 0.05) is 21.7 Å². The maximum Gasteiger partial charge on any atom is 0.244 e. The van der Waals surface area contributed by atoms with E-state index in [4.69, 9.17) is 9.47 Å². The molecule has 1 aliphatic heterocycles. The third kappa shape index (κ3) is 3.93. The van der Waals surface area contributed by atoms with Crippen molar-refractivity contribution in [3.63, 3.8) is 0 Å². The molecule has 2 aromatic carbocycles. The van der Waals surface area contributed by atoms with Crippen LogP contribution in [0, 0.1) is 5.82 Å². The number of amides is 1. The average Bonchev–Trinajstić information content (AvgIpc) is 2.71. The summed E-state index contributed by atoms with van der Waals surface area (Å²) in [7, 11) is -0.843. The van der Waals surface area contributed by atoms with Gasteiger partial charge in [-0.15, -0.1) is 0 Å². The third-order valence-corrected chi connectivity index (χ3v) is 9.10. The minimum Gasteiger partial charge on any atom is -0.497 e. The molecular weight excluding hydrogens is 489 g/mol. The molecule has 1 amide bonds. The van der Waals surface area contributed by atoms with E-state index < -0.39 is 37.6 Å². The first kappa shape index (κ1) is 23.5. The minimum absolute atomic E-state index is 0.0351. The van der Waals surface area contributed by atoms with Crippen molar-refractivity contribution in [3.05, 3.63) is 57.8 Å². The SMILES string of the molecule is COc1ccc(CN2C(=O)C(C)(C)S(=O)(=O)C[C@@]2(C)c2cc(Br)ccc2F)c(OC)c1. The van der Waals surface area contributed by atoms with E-state index in [1.807, 2.05) is 0 Å².